The normalized spacial score (nSPS) is 10.6. The zero-order chi connectivity index (χ0) is 12.8. The standard InChI is InChI=1S/C14H17ClN2O/c15-12-4-6-13(7-5-12)17(9-2-8-16)11-14-3-1-10-18-14/h1,3-7,10H,2,8-9,11,16H2. The first-order valence-corrected chi connectivity index (χ1v) is 6.40. The maximum absolute atomic E-state index is 5.91. The van der Waals surface area contributed by atoms with E-state index in [0.717, 1.165) is 36.0 Å². The first-order valence-electron chi connectivity index (χ1n) is 6.02. The van der Waals surface area contributed by atoms with Gasteiger partial charge in [0.25, 0.3) is 0 Å². The van der Waals surface area contributed by atoms with Crippen molar-refractivity contribution in [1.82, 2.24) is 0 Å². The maximum atomic E-state index is 5.91. The number of rotatable bonds is 6. The van der Waals surface area contributed by atoms with Crippen LogP contribution < -0.4 is 10.6 Å². The smallest absolute Gasteiger partial charge is 0.123 e. The molecule has 1 aromatic carbocycles. The third-order valence-electron chi connectivity index (χ3n) is 2.75. The van der Waals surface area contributed by atoms with Gasteiger partial charge in [-0.1, -0.05) is 11.6 Å². The minimum atomic E-state index is 0.683. The van der Waals surface area contributed by atoms with Gasteiger partial charge < -0.3 is 15.1 Å². The van der Waals surface area contributed by atoms with Gasteiger partial charge in [0.2, 0.25) is 0 Å². The minimum Gasteiger partial charge on any atom is -0.467 e. The van der Waals surface area contributed by atoms with Crippen molar-refractivity contribution in [2.45, 2.75) is 13.0 Å². The molecule has 0 spiro atoms. The lowest BCUT2D eigenvalue weighted by atomic mass is 10.2. The van der Waals surface area contributed by atoms with Gasteiger partial charge >= 0.3 is 0 Å². The van der Waals surface area contributed by atoms with E-state index in [1.165, 1.54) is 0 Å². The highest BCUT2D eigenvalue weighted by Gasteiger charge is 2.08. The zero-order valence-corrected chi connectivity index (χ0v) is 10.9. The summed E-state index contributed by atoms with van der Waals surface area (Å²) >= 11 is 5.91. The summed E-state index contributed by atoms with van der Waals surface area (Å²) in [4.78, 5) is 2.24. The van der Waals surface area contributed by atoms with Crippen molar-refractivity contribution in [2.24, 2.45) is 5.73 Å². The molecule has 0 bridgehead atoms. The van der Waals surface area contributed by atoms with E-state index < -0.39 is 0 Å². The summed E-state index contributed by atoms with van der Waals surface area (Å²) in [6.07, 6.45) is 2.64. The van der Waals surface area contributed by atoms with Crippen molar-refractivity contribution in [3.8, 4) is 0 Å². The van der Waals surface area contributed by atoms with E-state index in [1.54, 1.807) is 6.26 Å². The second kappa shape index (κ2) is 6.47. The van der Waals surface area contributed by atoms with E-state index in [1.807, 2.05) is 36.4 Å². The Morgan fingerprint density at radius 1 is 1.17 bits per heavy atom. The average Bonchev–Trinajstić information content (AvgIpc) is 2.88. The molecule has 2 N–H and O–H groups in total. The second-order valence-corrected chi connectivity index (χ2v) is 4.56. The molecule has 1 aromatic heterocycles. The van der Waals surface area contributed by atoms with Crippen LogP contribution in [0.5, 0.6) is 0 Å². The summed E-state index contributed by atoms with van der Waals surface area (Å²) in [6, 6.07) is 11.7. The van der Waals surface area contributed by atoms with Gasteiger partial charge in [0.15, 0.2) is 0 Å². The van der Waals surface area contributed by atoms with Crippen LogP contribution in [0, 0.1) is 0 Å². The molecule has 0 radical (unpaired) electrons. The van der Waals surface area contributed by atoms with Gasteiger partial charge in [-0.05, 0) is 49.4 Å². The molecule has 0 atom stereocenters. The first-order chi connectivity index (χ1) is 8.79. The third kappa shape index (κ3) is 3.52. The summed E-state index contributed by atoms with van der Waals surface area (Å²) in [7, 11) is 0. The number of nitrogens with zero attached hydrogens (tertiary/aromatic N) is 1. The van der Waals surface area contributed by atoms with E-state index in [2.05, 4.69) is 4.90 Å². The molecule has 0 aliphatic carbocycles. The number of anilines is 1. The van der Waals surface area contributed by atoms with Crippen molar-refractivity contribution in [3.63, 3.8) is 0 Å². The first kappa shape index (κ1) is 13.0. The molecule has 0 amide bonds. The van der Waals surface area contributed by atoms with Crippen LogP contribution in [0.4, 0.5) is 5.69 Å². The Balaban J connectivity index is 2.11. The molecule has 0 saturated carbocycles. The lowest BCUT2D eigenvalue weighted by Crippen LogP contribution is -2.25. The van der Waals surface area contributed by atoms with Crippen molar-refractivity contribution < 1.29 is 4.42 Å². The summed E-state index contributed by atoms with van der Waals surface area (Å²) in [5.74, 6) is 0.946. The fourth-order valence-corrected chi connectivity index (χ4v) is 1.95. The van der Waals surface area contributed by atoms with Crippen LogP contribution in [0.25, 0.3) is 0 Å². The van der Waals surface area contributed by atoms with Gasteiger partial charge in [0, 0.05) is 17.3 Å². The number of hydrogen-bond acceptors (Lipinski definition) is 3. The average molecular weight is 265 g/mol. The summed E-state index contributed by atoms with van der Waals surface area (Å²) < 4.78 is 5.39. The van der Waals surface area contributed by atoms with Gasteiger partial charge in [-0.15, -0.1) is 0 Å². The highest BCUT2D eigenvalue weighted by Crippen LogP contribution is 2.20. The van der Waals surface area contributed by atoms with Crippen molar-refractivity contribution in [3.05, 3.63) is 53.4 Å². The quantitative estimate of drug-likeness (QED) is 0.871. The number of benzene rings is 1. The molecule has 2 aromatic rings. The predicted molar refractivity (Wildman–Crippen MR) is 74.9 cm³/mol. The molecule has 0 unspecified atom stereocenters. The lowest BCUT2D eigenvalue weighted by Gasteiger charge is -2.23. The Bertz CT molecular complexity index is 453. The van der Waals surface area contributed by atoms with E-state index in [9.17, 15) is 0 Å². The SMILES string of the molecule is NCCCN(Cc1ccco1)c1ccc(Cl)cc1. The lowest BCUT2D eigenvalue weighted by molar-refractivity contribution is 0.501. The minimum absolute atomic E-state index is 0.683. The number of hydrogen-bond donors (Lipinski definition) is 1. The van der Waals surface area contributed by atoms with Crippen LogP contribution in [0.1, 0.15) is 12.2 Å². The molecule has 4 heteroatoms. The molecule has 0 fully saturated rings. The van der Waals surface area contributed by atoms with Crippen molar-refractivity contribution in [2.75, 3.05) is 18.0 Å². The second-order valence-electron chi connectivity index (χ2n) is 4.12. The summed E-state index contributed by atoms with van der Waals surface area (Å²) in [5.41, 5.74) is 6.71. The zero-order valence-electron chi connectivity index (χ0n) is 10.2. The molecule has 0 aliphatic heterocycles. The molecule has 0 saturated heterocycles. The topological polar surface area (TPSA) is 42.4 Å². The summed E-state index contributed by atoms with van der Waals surface area (Å²) in [5, 5.41) is 0.746. The highest BCUT2D eigenvalue weighted by molar-refractivity contribution is 6.30. The number of halogens is 1. The van der Waals surface area contributed by atoms with Crippen LogP contribution in [0.3, 0.4) is 0 Å². The van der Waals surface area contributed by atoms with Gasteiger partial charge in [0.1, 0.15) is 5.76 Å². The van der Waals surface area contributed by atoms with Crippen LogP contribution in [0.15, 0.2) is 47.1 Å². The van der Waals surface area contributed by atoms with Gasteiger partial charge in [-0.25, -0.2) is 0 Å². The number of nitrogens with two attached hydrogens (primary N) is 1. The Kier molecular flexibility index (Phi) is 4.67. The fraction of sp³-hybridized carbons (Fsp3) is 0.286. The predicted octanol–water partition coefficient (Wildman–Crippen LogP) is 3.29. The molecular formula is C14H17ClN2O. The van der Waals surface area contributed by atoms with Crippen LogP contribution in [-0.2, 0) is 6.54 Å². The van der Waals surface area contributed by atoms with Crippen LogP contribution in [0.2, 0.25) is 5.02 Å². The Labute approximate surface area is 112 Å². The van der Waals surface area contributed by atoms with Gasteiger partial charge in [-0.3, -0.25) is 0 Å². The Morgan fingerprint density at radius 3 is 2.56 bits per heavy atom. The Hall–Kier alpha value is -1.45. The molecule has 3 nitrogen and oxygen atoms in total. The van der Waals surface area contributed by atoms with Gasteiger partial charge in [0.05, 0.1) is 12.8 Å². The van der Waals surface area contributed by atoms with E-state index >= 15 is 0 Å². The monoisotopic (exact) mass is 264 g/mol. The van der Waals surface area contributed by atoms with Crippen LogP contribution in [-0.4, -0.2) is 13.1 Å². The highest BCUT2D eigenvalue weighted by atomic mass is 35.5. The number of furan rings is 1. The molecular weight excluding hydrogens is 248 g/mol. The van der Waals surface area contributed by atoms with Crippen LogP contribution >= 0.6 is 11.6 Å². The molecule has 96 valence electrons. The van der Waals surface area contributed by atoms with Crippen molar-refractivity contribution in [1.29, 1.82) is 0 Å². The van der Waals surface area contributed by atoms with E-state index in [0.29, 0.717) is 6.54 Å². The largest absolute Gasteiger partial charge is 0.467 e. The molecule has 2 rings (SSSR count). The van der Waals surface area contributed by atoms with Gasteiger partial charge in [-0.2, -0.15) is 0 Å². The van der Waals surface area contributed by atoms with E-state index in [4.69, 9.17) is 21.8 Å². The molecule has 18 heavy (non-hydrogen) atoms. The Morgan fingerprint density at radius 2 is 1.94 bits per heavy atom. The molecule has 1 heterocycles. The van der Waals surface area contributed by atoms with E-state index in [-0.39, 0.29) is 0 Å². The maximum Gasteiger partial charge on any atom is 0.123 e. The summed E-state index contributed by atoms with van der Waals surface area (Å²) in [6.45, 7) is 2.33. The molecule has 0 aliphatic rings. The fourth-order valence-electron chi connectivity index (χ4n) is 1.82. The van der Waals surface area contributed by atoms with Crippen molar-refractivity contribution >= 4 is 17.3 Å². The third-order valence-corrected chi connectivity index (χ3v) is 3.00.